The molecule has 7 nitrogen and oxygen atoms in total. The molecule has 1 fully saturated rings. The van der Waals surface area contributed by atoms with Crippen LogP contribution in [0.2, 0.25) is 5.02 Å². The number of methoxy groups -OCH3 is 1. The van der Waals surface area contributed by atoms with Gasteiger partial charge in [-0.15, -0.1) is 12.4 Å². The number of nitrogen functional groups attached to an aromatic ring is 1. The van der Waals surface area contributed by atoms with Crippen molar-refractivity contribution in [3.63, 3.8) is 0 Å². The molecule has 0 saturated carbocycles. The van der Waals surface area contributed by atoms with Gasteiger partial charge in [0, 0.05) is 23.0 Å². The first kappa shape index (κ1) is 25.0. The zero-order valence-electron chi connectivity index (χ0n) is 17.1. The van der Waals surface area contributed by atoms with Crippen molar-refractivity contribution in [2.75, 3.05) is 19.4 Å². The number of carbonyl (C=O) groups excluding carboxylic acids is 2. The molecule has 1 aliphatic heterocycles. The summed E-state index contributed by atoms with van der Waals surface area (Å²) in [5.74, 6) is -1.10. The number of rotatable bonds is 5. The van der Waals surface area contributed by atoms with Gasteiger partial charge in [0.15, 0.2) is 5.78 Å². The molecule has 2 aromatic rings. The van der Waals surface area contributed by atoms with Crippen molar-refractivity contribution >= 4 is 51.4 Å². The van der Waals surface area contributed by atoms with Crippen LogP contribution in [-0.4, -0.2) is 38.1 Å². The van der Waals surface area contributed by atoms with E-state index in [0.29, 0.717) is 26.3 Å². The summed E-state index contributed by atoms with van der Waals surface area (Å²) in [7, 11) is -2.73. The van der Waals surface area contributed by atoms with Crippen LogP contribution in [0.15, 0.2) is 41.3 Å². The normalized spacial score (nSPS) is 17.1. The number of halogens is 2. The first-order chi connectivity index (χ1) is 14.1. The summed E-state index contributed by atoms with van der Waals surface area (Å²) in [6, 6.07) is 9.30. The van der Waals surface area contributed by atoms with Crippen LogP contribution in [0.1, 0.15) is 24.0 Å². The number of nitrogens with two attached hydrogens (primary N) is 1. The molecule has 3 rings (SSSR count). The van der Waals surface area contributed by atoms with E-state index in [-0.39, 0.29) is 42.3 Å². The number of aryl methyl sites for hydroxylation is 1. The highest BCUT2D eigenvalue weighted by molar-refractivity contribution is 7.89. The summed E-state index contributed by atoms with van der Waals surface area (Å²) in [5.41, 5.74) is 7.55. The minimum absolute atomic E-state index is 0. The second kappa shape index (κ2) is 9.89. The molecule has 0 bridgehead atoms. The predicted molar refractivity (Wildman–Crippen MR) is 121 cm³/mol. The number of ether oxygens (including phenoxy) is 1. The highest BCUT2D eigenvalue weighted by Crippen LogP contribution is 2.31. The molecule has 1 amide bonds. The van der Waals surface area contributed by atoms with E-state index in [2.05, 4.69) is 0 Å². The molecule has 168 valence electrons. The standard InChI is InChI=1S/C21H23ClN2O5S.ClH/c1-13-3-7-18(11-19(13)23)30(27,28)24-12-17(25)6-4-14(21(24)26)9-15-10-16(22)5-8-20(15)29-2;/h3,5,7-8,10-11,14H,4,6,9,12,23H2,1-2H3;1H. The van der Waals surface area contributed by atoms with Gasteiger partial charge in [-0.2, -0.15) is 0 Å². The fourth-order valence-corrected chi connectivity index (χ4v) is 5.12. The lowest BCUT2D eigenvalue weighted by molar-refractivity contribution is -0.131. The Kier molecular flexibility index (Phi) is 7.97. The van der Waals surface area contributed by atoms with Gasteiger partial charge in [-0.25, -0.2) is 12.7 Å². The van der Waals surface area contributed by atoms with Gasteiger partial charge in [-0.05, 0) is 61.2 Å². The third kappa shape index (κ3) is 5.31. The van der Waals surface area contributed by atoms with Crippen molar-refractivity contribution in [1.29, 1.82) is 0 Å². The fraction of sp³-hybridized carbons (Fsp3) is 0.333. The molecule has 10 heteroatoms. The van der Waals surface area contributed by atoms with Gasteiger partial charge in [0.2, 0.25) is 5.91 Å². The van der Waals surface area contributed by atoms with Crippen LogP contribution in [0.5, 0.6) is 5.75 Å². The number of Topliss-reactive ketones (excluding diaryl/α,β-unsaturated/α-hetero) is 1. The number of anilines is 1. The number of nitrogens with zero attached hydrogens (tertiary/aromatic N) is 1. The van der Waals surface area contributed by atoms with Crippen LogP contribution < -0.4 is 10.5 Å². The largest absolute Gasteiger partial charge is 0.496 e. The lowest BCUT2D eigenvalue weighted by Crippen LogP contribution is -2.42. The van der Waals surface area contributed by atoms with Gasteiger partial charge >= 0.3 is 0 Å². The number of hydrogen-bond acceptors (Lipinski definition) is 6. The summed E-state index contributed by atoms with van der Waals surface area (Å²) in [6.45, 7) is 1.26. The van der Waals surface area contributed by atoms with Crippen molar-refractivity contribution in [1.82, 2.24) is 4.31 Å². The van der Waals surface area contributed by atoms with Crippen molar-refractivity contribution in [2.24, 2.45) is 5.92 Å². The number of sulfonamides is 1. The van der Waals surface area contributed by atoms with Crippen molar-refractivity contribution in [3.8, 4) is 5.75 Å². The quantitative estimate of drug-likeness (QED) is 0.648. The molecule has 0 aromatic heterocycles. The minimum Gasteiger partial charge on any atom is -0.496 e. The van der Waals surface area contributed by atoms with Crippen LogP contribution in [0.3, 0.4) is 0 Å². The Bertz CT molecular complexity index is 1100. The first-order valence-electron chi connectivity index (χ1n) is 9.40. The van der Waals surface area contributed by atoms with Crippen molar-refractivity contribution < 1.29 is 22.7 Å². The average molecular weight is 487 g/mol. The van der Waals surface area contributed by atoms with E-state index in [0.717, 1.165) is 5.56 Å². The maximum absolute atomic E-state index is 13.2. The molecule has 0 aliphatic carbocycles. The lowest BCUT2D eigenvalue weighted by Gasteiger charge is -2.24. The smallest absolute Gasteiger partial charge is 0.266 e. The molecule has 1 atom stereocenters. The highest BCUT2D eigenvalue weighted by Gasteiger charge is 2.38. The Morgan fingerprint density at radius 2 is 1.90 bits per heavy atom. The van der Waals surface area contributed by atoms with Gasteiger partial charge < -0.3 is 10.5 Å². The first-order valence-corrected chi connectivity index (χ1v) is 11.2. The number of ketones is 1. The molecular weight excluding hydrogens is 463 g/mol. The summed E-state index contributed by atoms with van der Waals surface area (Å²) in [5, 5.41) is 0.475. The average Bonchev–Trinajstić information content (AvgIpc) is 2.84. The lowest BCUT2D eigenvalue weighted by atomic mass is 9.93. The van der Waals surface area contributed by atoms with Crippen molar-refractivity contribution in [3.05, 3.63) is 52.5 Å². The predicted octanol–water partition coefficient (Wildman–Crippen LogP) is 3.40. The van der Waals surface area contributed by atoms with E-state index < -0.39 is 28.4 Å². The third-order valence-corrected chi connectivity index (χ3v) is 7.21. The maximum Gasteiger partial charge on any atom is 0.266 e. The van der Waals surface area contributed by atoms with Crippen LogP contribution in [0, 0.1) is 12.8 Å². The minimum atomic E-state index is -4.23. The van der Waals surface area contributed by atoms with Crippen LogP contribution >= 0.6 is 24.0 Å². The van der Waals surface area contributed by atoms with E-state index in [1.54, 1.807) is 31.2 Å². The molecule has 1 heterocycles. The second-order valence-corrected chi connectivity index (χ2v) is 9.60. The zero-order chi connectivity index (χ0) is 22.1. The molecule has 0 radical (unpaired) electrons. The van der Waals surface area contributed by atoms with E-state index in [4.69, 9.17) is 22.1 Å². The molecule has 1 aliphatic rings. The highest BCUT2D eigenvalue weighted by atomic mass is 35.5. The molecule has 0 spiro atoms. The number of amides is 1. The maximum atomic E-state index is 13.2. The second-order valence-electron chi connectivity index (χ2n) is 7.30. The molecular formula is C21H24Cl2N2O5S. The number of hydrogen-bond donors (Lipinski definition) is 1. The molecule has 31 heavy (non-hydrogen) atoms. The fourth-order valence-electron chi connectivity index (χ4n) is 3.45. The SMILES string of the molecule is COc1ccc(Cl)cc1CC1CCC(=O)CN(S(=O)(=O)c2ccc(C)c(N)c2)C1=O.Cl. The Morgan fingerprint density at radius 1 is 1.19 bits per heavy atom. The monoisotopic (exact) mass is 486 g/mol. The molecule has 2 N–H and O–H groups in total. The van der Waals surface area contributed by atoms with Crippen LogP contribution in [0.4, 0.5) is 5.69 Å². The van der Waals surface area contributed by atoms with E-state index >= 15 is 0 Å². The summed E-state index contributed by atoms with van der Waals surface area (Å²) >= 11 is 6.08. The third-order valence-electron chi connectivity index (χ3n) is 5.23. The van der Waals surface area contributed by atoms with E-state index in [9.17, 15) is 18.0 Å². The van der Waals surface area contributed by atoms with Gasteiger partial charge in [-0.3, -0.25) is 9.59 Å². The summed E-state index contributed by atoms with van der Waals surface area (Å²) in [4.78, 5) is 25.4. The Labute approximate surface area is 193 Å². The number of carbonyl (C=O) groups is 2. The zero-order valence-corrected chi connectivity index (χ0v) is 19.5. The van der Waals surface area contributed by atoms with E-state index in [1.165, 1.54) is 19.2 Å². The molecule has 2 aromatic carbocycles. The van der Waals surface area contributed by atoms with Crippen LogP contribution in [-0.2, 0) is 26.0 Å². The summed E-state index contributed by atoms with van der Waals surface area (Å²) in [6.07, 6.45) is 0.564. The van der Waals surface area contributed by atoms with Gasteiger partial charge in [0.25, 0.3) is 10.0 Å². The van der Waals surface area contributed by atoms with Crippen molar-refractivity contribution in [2.45, 2.75) is 31.1 Å². The Balaban J connectivity index is 0.00000341. The number of benzene rings is 2. The Hall–Kier alpha value is -2.29. The molecule has 1 saturated heterocycles. The molecule has 1 unspecified atom stereocenters. The van der Waals surface area contributed by atoms with E-state index in [1.807, 2.05) is 0 Å². The van der Waals surface area contributed by atoms with Gasteiger partial charge in [0.1, 0.15) is 5.75 Å². The van der Waals surface area contributed by atoms with Crippen LogP contribution in [0.25, 0.3) is 0 Å². The topological polar surface area (TPSA) is 107 Å². The summed E-state index contributed by atoms with van der Waals surface area (Å²) < 4.78 is 32.4. The van der Waals surface area contributed by atoms with Gasteiger partial charge in [0.05, 0.1) is 18.6 Å². The Morgan fingerprint density at radius 3 is 2.55 bits per heavy atom. The van der Waals surface area contributed by atoms with Gasteiger partial charge in [-0.1, -0.05) is 17.7 Å².